The van der Waals surface area contributed by atoms with Crippen LogP contribution >= 0.6 is 12.6 Å². The van der Waals surface area contributed by atoms with E-state index in [0.717, 1.165) is 0 Å². The smallest absolute Gasteiger partial charge is 0.265 e. The Bertz CT molecular complexity index is 419. The van der Waals surface area contributed by atoms with Gasteiger partial charge in [0, 0.05) is 18.7 Å². The van der Waals surface area contributed by atoms with E-state index in [1.165, 1.54) is 16.8 Å². The van der Waals surface area contributed by atoms with Gasteiger partial charge in [0.25, 0.3) is 11.1 Å². The highest BCUT2D eigenvalue weighted by atomic mass is 32.1. The molecule has 0 aliphatic rings. The van der Waals surface area contributed by atoms with E-state index in [1.807, 2.05) is 13.8 Å². The monoisotopic (exact) mass is 214 g/mol. The first-order valence-corrected chi connectivity index (χ1v) is 4.99. The average Bonchev–Trinajstić information content (AvgIpc) is 2.11. The molecule has 0 aliphatic heterocycles. The van der Waals surface area contributed by atoms with Gasteiger partial charge in [0.05, 0.1) is 0 Å². The molecular formula is C9H14N2O2S. The van der Waals surface area contributed by atoms with Crippen LogP contribution in [0.3, 0.4) is 0 Å². The second-order valence-electron chi connectivity index (χ2n) is 4.06. The standard InChI is InChI=1S/C9H14N2O2S/c1-9(2,6-14)5-11-8(13)4-3-7(12)10-11/h3-4,14H,5-6H2,1-2H3,(H,10,12). The molecule has 0 aromatic carbocycles. The van der Waals surface area contributed by atoms with Crippen molar-refractivity contribution in [2.24, 2.45) is 5.41 Å². The van der Waals surface area contributed by atoms with Crippen LogP contribution in [0.1, 0.15) is 13.8 Å². The Labute approximate surface area is 87.4 Å². The van der Waals surface area contributed by atoms with Crippen molar-refractivity contribution < 1.29 is 0 Å². The number of rotatable bonds is 3. The molecule has 0 unspecified atom stereocenters. The minimum absolute atomic E-state index is 0.114. The number of thiol groups is 1. The van der Waals surface area contributed by atoms with Gasteiger partial charge in [-0.1, -0.05) is 13.8 Å². The molecule has 14 heavy (non-hydrogen) atoms. The average molecular weight is 214 g/mol. The Hall–Kier alpha value is -0.970. The predicted molar refractivity (Wildman–Crippen MR) is 59.0 cm³/mol. The maximum atomic E-state index is 11.3. The SMILES string of the molecule is CC(C)(CS)Cn1[nH]c(=O)ccc1=O. The molecule has 0 saturated heterocycles. The zero-order valence-electron chi connectivity index (χ0n) is 8.28. The third-order valence-electron chi connectivity index (χ3n) is 1.90. The number of nitrogens with zero attached hydrogens (tertiary/aromatic N) is 1. The first-order chi connectivity index (χ1) is 6.44. The highest BCUT2D eigenvalue weighted by Gasteiger charge is 2.17. The number of aromatic nitrogens is 2. The van der Waals surface area contributed by atoms with Crippen molar-refractivity contribution in [3.8, 4) is 0 Å². The number of nitrogens with one attached hydrogen (secondary N) is 1. The van der Waals surface area contributed by atoms with Crippen LogP contribution in [0.15, 0.2) is 21.7 Å². The summed E-state index contributed by atoms with van der Waals surface area (Å²) in [5.41, 5.74) is -0.573. The van der Waals surface area contributed by atoms with Crippen molar-refractivity contribution in [1.29, 1.82) is 0 Å². The molecule has 1 heterocycles. The molecule has 0 radical (unpaired) electrons. The van der Waals surface area contributed by atoms with E-state index in [-0.39, 0.29) is 16.5 Å². The lowest BCUT2D eigenvalue weighted by Gasteiger charge is -2.22. The van der Waals surface area contributed by atoms with Crippen molar-refractivity contribution in [1.82, 2.24) is 9.78 Å². The van der Waals surface area contributed by atoms with E-state index in [9.17, 15) is 9.59 Å². The summed E-state index contributed by atoms with van der Waals surface area (Å²) in [6, 6.07) is 2.50. The van der Waals surface area contributed by atoms with E-state index in [2.05, 4.69) is 17.7 Å². The van der Waals surface area contributed by atoms with E-state index in [1.54, 1.807) is 0 Å². The van der Waals surface area contributed by atoms with Gasteiger partial charge in [0.15, 0.2) is 0 Å². The zero-order valence-corrected chi connectivity index (χ0v) is 9.17. The number of hydrogen-bond acceptors (Lipinski definition) is 3. The van der Waals surface area contributed by atoms with E-state index < -0.39 is 0 Å². The maximum absolute atomic E-state index is 11.3. The fourth-order valence-electron chi connectivity index (χ4n) is 1.06. The second kappa shape index (κ2) is 4.04. The molecule has 0 saturated carbocycles. The van der Waals surface area contributed by atoms with Gasteiger partial charge >= 0.3 is 0 Å². The normalized spacial score (nSPS) is 11.6. The molecule has 1 aromatic heterocycles. The van der Waals surface area contributed by atoms with Crippen LogP contribution < -0.4 is 11.1 Å². The molecule has 1 rings (SSSR count). The Morgan fingerprint density at radius 3 is 2.64 bits per heavy atom. The maximum Gasteiger partial charge on any atom is 0.265 e. The van der Waals surface area contributed by atoms with Crippen molar-refractivity contribution in [2.75, 3.05) is 5.75 Å². The van der Waals surface area contributed by atoms with Crippen LogP contribution in [0.2, 0.25) is 0 Å². The third-order valence-corrected chi connectivity index (χ3v) is 2.76. The first-order valence-electron chi connectivity index (χ1n) is 4.36. The minimum atomic E-state index is -0.264. The van der Waals surface area contributed by atoms with Crippen molar-refractivity contribution in [3.05, 3.63) is 32.8 Å². The van der Waals surface area contributed by atoms with Gasteiger partial charge in [0.1, 0.15) is 0 Å². The summed E-state index contributed by atoms with van der Waals surface area (Å²) < 4.78 is 1.32. The van der Waals surface area contributed by atoms with Crippen molar-refractivity contribution in [3.63, 3.8) is 0 Å². The molecule has 5 heteroatoms. The molecule has 0 aliphatic carbocycles. The summed E-state index contributed by atoms with van der Waals surface area (Å²) >= 11 is 4.18. The summed E-state index contributed by atoms with van der Waals surface area (Å²) in [6.45, 7) is 4.43. The van der Waals surface area contributed by atoms with Gasteiger partial charge in [-0.25, -0.2) is 4.68 Å². The molecule has 0 amide bonds. The molecule has 1 aromatic rings. The summed E-state index contributed by atoms with van der Waals surface area (Å²) in [4.78, 5) is 22.3. The molecular weight excluding hydrogens is 200 g/mol. The first kappa shape index (κ1) is 11.1. The second-order valence-corrected chi connectivity index (χ2v) is 4.37. The van der Waals surface area contributed by atoms with Crippen LogP contribution in [0, 0.1) is 5.41 Å². The van der Waals surface area contributed by atoms with Gasteiger partial charge in [-0.15, -0.1) is 0 Å². The summed E-state index contributed by atoms with van der Waals surface area (Å²) in [6.07, 6.45) is 0. The fourth-order valence-corrected chi connectivity index (χ4v) is 1.16. The number of hydrogen-bond donors (Lipinski definition) is 2. The highest BCUT2D eigenvalue weighted by Crippen LogP contribution is 2.17. The van der Waals surface area contributed by atoms with Gasteiger partial charge in [-0.3, -0.25) is 14.7 Å². The topological polar surface area (TPSA) is 54.9 Å². The summed E-state index contributed by atoms with van der Waals surface area (Å²) in [5.74, 6) is 0.649. The van der Waals surface area contributed by atoms with Crippen LogP contribution in [0.5, 0.6) is 0 Å². The van der Waals surface area contributed by atoms with Gasteiger partial charge in [-0.05, 0) is 11.2 Å². The molecule has 78 valence electrons. The Morgan fingerprint density at radius 1 is 1.43 bits per heavy atom. The predicted octanol–water partition coefficient (Wildman–Crippen LogP) is 0.493. The molecule has 0 atom stereocenters. The Kier molecular flexibility index (Phi) is 3.21. The minimum Gasteiger partial charge on any atom is -0.268 e. The lowest BCUT2D eigenvalue weighted by molar-refractivity contribution is 0.323. The highest BCUT2D eigenvalue weighted by molar-refractivity contribution is 7.80. The quantitative estimate of drug-likeness (QED) is 0.720. The van der Waals surface area contributed by atoms with Crippen LogP contribution in [-0.4, -0.2) is 15.5 Å². The van der Waals surface area contributed by atoms with E-state index in [4.69, 9.17) is 0 Å². The van der Waals surface area contributed by atoms with Crippen molar-refractivity contribution >= 4 is 12.6 Å². The fraction of sp³-hybridized carbons (Fsp3) is 0.556. The van der Waals surface area contributed by atoms with Crippen LogP contribution in [0.25, 0.3) is 0 Å². The molecule has 0 bridgehead atoms. The lowest BCUT2D eigenvalue weighted by Crippen LogP contribution is -2.34. The molecule has 4 nitrogen and oxygen atoms in total. The molecule has 0 fully saturated rings. The van der Waals surface area contributed by atoms with Gasteiger partial charge in [0.2, 0.25) is 0 Å². The zero-order chi connectivity index (χ0) is 10.8. The Morgan fingerprint density at radius 2 is 2.07 bits per heavy atom. The van der Waals surface area contributed by atoms with Crippen LogP contribution in [-0.2, 0) is 6.54 Å². The van der Waals surface area contributed by atoms with E-state index >= 15 is 0 Å². The largest absolute Gasteiger partial charge is 0.268 e. The van der Waals surface area contributed by atoms with Crippen LogP contribution in [0.4, 0.5) is 0 Å². The molecule has 1 N–H and O–H groups in total. The lowest BCUT2D eigenvalue weighted by atomic mass is 9.97. The van der Waals surface area contributed by atoms with Crippen molar-refractivity contribution in [2.45, 2.75) is 20.4 Å². The van der Waals surface area contributed by atoms with E-state index in [0.29, 0.717) is 12.3 Å². The number of aromatic amines is 1. The molecule has 0 spiro atoms. The summed E-state index contributed by atoms with van der Waals surface area (Å²) in [7, 11) is 0. The van der Waals surface area contributed by atoms with Gasteiger partial charge in [-0.2, -0.15) is 12.6 Å². The summed E-state index contributed by atoms with van der Waals surface area (Å²) in [5, 5.41) is 2.48. The third kappa shape index (κ3) is 2.77. The Balaban J connectivity index is 3.03. The van der Waals surface area contributed by atoms with Gasteiger partial charge < -0.3 is 0 Å². The number of H-pyrrole nitrogens is 1.